The zero-order valence-corrected chi connectivity index (χ0v) is 15.3. The van der Waals surface area contributed by atoms with Gasteiger partial charge in [0.1, 0.15) is 11.7 Å². The molecule has 2 aromatic carbocycles. The summed E-state index contributed by atoms with van der Waals surface area (Å²) in [4.78, 5) is 25.9. The van der Waals surface area contributed by atoms with E-state index in [0.717, 1.165) is 16.2 Å². The van der Waals surface area contributed by atoms with E-state index in [9.17, 15) is 14.0 Å². The Morgan fingerprint density at radius 1 is 1.22 bits per heavy atom. The molecule has 2 amide bonds. The van der Waals surface area contributed by atoms with Crippen molar-refractivity contribution in [3.8, 4) is 0 Å². The van der Waals surface area contributed by atoms with Gasteiger partial charge in [-0.1, -0.05) is 30.3 Å². The minimum absolute atomic E-state index is 0.231. The standard InChI is InChI=1S/C20H18FN3O2S/c21-13-6-7-17-14(10-13)16(8-9-27-17)23-24-20(26)18-15(11-22-19(18)25)12-4-2-1-3-5-12/h1-7,10,15,18H,8-9,11H2,(H,22,25)(H,24,26)/b23-16+. The normalized spacial score (nSPS) is 23.0. The third-order valence-corrected chi connectivity index (χ3v) is 5.92. The molecule has 5 nitrogen and oxygen atoms in total. The first-order valence-electron chi connectivity index (χ1n) is 8.75. The van der Waals surface area contributed by atoms with Gasteiger partial charge in [-0.3, -0.25) is 9.59 Å². The molecule has 2 atom stereocenters. The van der Waals surface area contributed by atoms with Crippen LogP contribution in [0.3, 0.4) is 0 Å². The molecule has 2 unspecified atom stereocenters. The third kappa shape index (κ3) is 3.60. The lowest BCUT2D eigenvalue weighted by atomic mass is 9.88. The number of hydrogen-bond donors (Lipinski definition) is 2. The molecule has 27 heavy (non-hydrogen) atoms. The first-order chi connectivity index (χ1) is 13.1. The van der Waals surface area contributed by atoms with Crippen molar-refractivity contribution < 1.29 is 14.0 Å². The highest BCUT2D eigenvalue weighted by Gasteiger charge is 2.41. The van der Waals surface area contributed by atoms with Gasteiger partial charge >= 0.3 is 0 Å². The van der Waals surface area contributed by atoms with Gasteiger partial charge in [0, 0.05) is 35.1 Å². The summed E-state index contributed by atoms with van der Waals surface area (Å²) >= 11 is 1.63. The second kappa shape index (κ2) is 7.52. The van der Waals surface area contributed by atoms with Crippen molar-refractivity contribution in [2.75, 3.05) is 12.3 Å². The van der Waals surface area contributed by atoms with Crippen molar-refractivity contribution in [3.05, 3.63) is 65.5 Å². The van der Waals surface area contributed by atoms with Gasteiger partial charge in [-0.15, -0.1) is 11.8 Å². The molecule has 138 valence electrons. The largest absolute Gasteiger partial charge is 0.355 e. The zero-order valence-electron chi connectivity index (χ0n) is 14.4. The van der Waals surface area contributed by atoms with Crippen LogP contribution in [0.5, 0.6) is 0 Å². The fourth-order valence-corrected chi connectivity index (χ4v) is 4.50. The van der Waals surface area contributed by atoms with Crippen LogP contribution in [0.2, 0.25) is 0 Å². The number of hydrazone groups is 1. The number of benzene rings is 2. The number of halogens is 1. The van der Waals surface area contributed by atoms with Crippen LogP contribution in [-0.2, 0) is 9.59 Å². The lowest BCUT2D eigenvalue weighted by molar-refractivity contribution is -0.133. The number of amides is 2. The van der Waals surface area contributed by atoms with Gasteiger partial charge in [-0.25, -0.2) is 9.82 Å². The van der Waals surface area contributed by atoms with Crippen LogP contribution < -0.4 is 10.7 Å². The summed E-state index contributed by atoms with van der Waals surface area (Å²) in [7, 11) is 0. The highest BCUT2D eigenvalue weighted by atomic mass is 32.2. The fraction of sp³-hybridized carbons (Fsp3) is 0.250. The van der Waals surface area contributed by atoms with E-state index in [1.54, 1.807) is 17.8 Å². The molecule has 2 aliphatic heterocycles. The number of carbonyl (C=O) groups excluding carboxylic acids is 2. The summed E-state index contributed by atoms with van der Waals surface area (Å²) in [6, 6.07) is 14.1. The number of hydrogen-bond acceptors (Lipinski definition) is 4. The van der Waals surface area contributed by atoms with E-state index >= 15 is 0 Å². The number of fused-ring (bicyclic) bond motifs is 1. The second-order valence-corrected chi connectivity index (χ2v) is 7.65. The Kier molecular flexibility index (Phi) is 4.94. The Balaban J connectivity index is 1.55. The maximum atomic E-state index is 13.6. The summed E-state index contributed by atoms with van der Waals surface area (Å²) in [5, 5.41) is 6.99. The minimum Gasteiger partial charge on any atom is -0.355 e. The van der Waals surface area contributed by atoms with Gasteiger partial charge in [0.05, 0.1) is 5.71 Å². The highest BCUT2D eigenvalue weighted by molar-refractivity contribution is 7.99. The molecule has 4 rings (SSSR count). The fourth-order valence-electron chi connectivity index (χ4n) is 3.49. The molecule has 1 saturated heterocycles. The SMILES string of the molecule is O=C1NCC(c2ccccc2)C1C(=O)N/N=C1\CCSc2ccc(F)cc21. The van der Waals surface area contributed by atoms with Crippen molar-refractivity contribution in [2.45, 2.75) is 17.2 Å². The van der Waals surface area contributed by atoms with Crippen molar-refractivity contribution in [3.63, 3.8) is 0 Å². The number of nitrogens with one attached hydrogen (secondary N) is 2. The van der Waals surface area contributed by atoms with Gasteiger partial charge in [0.2, 0.25) is 5.91 Å². The summed E-state index contributed by atoms with van der Waals surface area (Å²) in [6.45, 7) is 0.419. The smallest absolute Gasteiger partial charge is 0.253 e. The summed E-state index contributed by atoms with van der Waals surface area (Å²) in [5.74, 6) is -1.33. The second-order valence-electron chi connectivity index (χ2n) is 6.51. The van der Waals surface area contributed by atoms with Crippen LogP contribution in [0.25, 0.3) is 0 Å². The van der Waals surface area contributed by atoms with E-state index in [-0.39, 0.29) is 17.6 Å². The van der Waals surface area contributed by atoms with Gasteiger partial charge in [-0.2, -0.15) is 5.10 Å². The van der Waals surface area contributed by atoms with Gasteiger partial charge in [0.15, 0.2) is 0 Å². The molecule has 2 heterocycles. The maximum Gasteiger partial charge on any atom is 0.253 e. The summed E-state index contributed by atoms with van der Waals surface area (Å²) < 4.78 is 13.6. The monoisotopic (exact) mass is 383 g/mol. The van der Waals surface area contributed by atoms with Crippen LogP contribution in [0.4, 0.5) is 4.39 Å². The molecule has 0 bridgehead atoms. The molecule has 0 aliphatic carbocycles. The average molecular weight is 383 g/mol. The van der Waals surface area contributed by atoms with E-state index in [4.69, 9.17) is 0 Å². The Bertz CT molecular complexity index is 917. The quantitative estimate of drug-likeness (QED) is 0.632. The molecule has 7 heteroatoms. The summed E-state index contributed by atoms with van der Waals surface area (Å²) in [5.41, 5.74) is 4.80. The lowest BCUT2D eigenvalue weighted by Gasteiger charge is -2.19. The van der Waals surface area contributed by atoms with Crippen LogP contribution in [0, 0.1) is 11.7 Å². The van der Waals surface area contributed by atoms with E-state index in [2.05, 4.69) is 15.8 Å². The molecule has 0 spiro atoms. The molecule has 2 aliphatic rings. The summed E-state index contributed by atoms with van der Waals surface area (Å²) in [6.07, 6.45) is 0.625. The third-order valence-electron chi connectivity index (χ3n) is 4.84. The Morgan fingerprint density at radius 3 is 2.85 bits per heavy atom. The molecule has 2 N–H and O–H groups in total. The molecular weight excluding hydrogens is 365 g/mol. The highest BCUT2D eigenvalue weighted by Crippen LogP contribution is 2.31. The number of rotatable bonds is 3. The van der Waals surface area contributed by atoms with E-state index in [1.807, 2.05) is 30.3 Å². The average Bonchev–Trinajstić information content (AvgIpc) is 3.08. The molecule has 0 saturated carbocycles. The number of carbonyl (C=O) groups is 2. The van der Waals surface area contributed by atoms with Gasteiger partial charge < -0.3 is 5.32 Å². The van der Waals surface area contributed by atoms with E-state index in [1.165, 1.54) is 12.1 Å². The Hall–Kier alpha value is -2.67. The van der Waals surface area contributed by atoms with Gasteiger partial charge in [-0.05, 0) is 23.8 Å². The van der Waals surface area contributed by atoms with E-state index in [0.29, 0.717) is 24.2 Å². The molecule has 1 fully saturated rings. The number of nitrogens with zero attached hydrogens (tertiary/aromatic N) is 1. The molecular formula is C20H18FN3O2S. The lowest BCUT2D eigenvalue weighted by Crippen LogP contribution is -2.35. The van der Waals surface area contributed by atoms with Crippen LogP contribution in [0.1, 0.15) is 23.5 Å². The predicted octanol–water partition coefficient (Wildman–Crippen LogP) is 2.67. The topological polar surface area (TPSA) is 70.6 Å². The van der Waals surface area contributed by atoms with Crippen LogP contribution in [0.15, 0.2) is 58.5 Å². The van der Waals surface area contributed by atoms with Crippen LogP contribution in [-0.4, -0.2) is 29.8 Å². The van der Waals surface area contributed by atoms with Crippen molar-refractivity contribution in [1.29, 1.82) is 0 Å². The minimum atomic E-state index is -0.832. The van der Waals surface area contributed by atoms with E-state index < -0.39 is 11.8 Å². The first-order valence-corrected chi connectivity index (χ1v) is 9.74. The molecule has 2 aromatic rings. The van der Waals surface area contributed by atoms with Crippen molar-refractivity contribution in [2.24, 2.45) is 11.0 Å². The zero-order chi connectivity index (χ0) is 18.8. The Labute approximate surface area is 160 Å². The van der Waals surface area contributed by atoms with Crippen molar-refractivity contribution in [1.82, 2.24) is 10.7 Å². The van der Waals surface area contributed by atoms with Crippen LogP contribution >= 0.6 is 11.8 Å². The molecule has 0 radical (unpaired) electrons. The molecule has 0 aromatic heterocycles. The maximum absolute atomic E-state index is 13.6. The van der Waals surface area contributed by atoms with Crippen molar-refractivity contribution >= 4 is 29.3 Å². The number of thioether (sulfide) groups is 1. The Morgan fingerprint density at radius 2 is 2.04 bits per heavy atom. The van der Waals surface area contributed by atoms with Gasteiger partial charge in [0.25, 0.3) is 5.91 Å². The predicted molar refractivity (Wildman–Crippen MR) is 102 cm³/mol. The first kappa shape index (κ1) is 17.7.